The number of amides is 2. The van der Waals surface area contributed by atoms with Crippen molar-refractivity contribution in [1.82, 2.24) is 10.2 Å². The lowest BCUT2D eigenvalue weighted by Gasteiger charge is -2.39. The minimum Gasteiger partial charge on any atom is -0.481 e. The van der Waals surface area contributed by atoms with Crippen LogP contribution in [-0.4, -0.2) is 34.6 Å². The van der Waals surface area contributed by atoms with Crippen LogP contribution in [0.25, 0.3) is 0 Å². The van der Waals surface area contributed by atoms with Crippen LogP contribution >= 0.6 is 0 Å². The molecule has 0 aliphatic carbocycles. The van der Waals surface area contributed by atoms with Gasteiger partial charge in [-0.15, -0.1) is 0 Å². The van der Waals surface area contributed by atoms with Crippen LogP contribution in [0.1, 0.15) is 33.3 Å². The minimum atomic E-state index is -1.07. The number of nitrogens with zero attached hydrogens (tertiary/aromatic N) is 1. The first-order valence-corrected chi connectivity index (χ1v) is 6.88. The fourth-order valence-electron chi connectivity index (χ4n) is 1.72. The molecule has 0 saturated heterocycles. The molecule has 0 unspecified atom stereocenters. The normalized spacial score (nSPS) is 11.9. The first kappa shape index (κ1) is 17.0. The Balaban J connectivity index is 2.74. The third-order valence-electron chi connectivity index (χ3n) is 4.13. The van der Waals surface area contributed by atoms with Crippen molar-refractivity contribution in [3.63, 3.8) is 0 Å². The van der Waals surface area contributed by atoms with Gasteiger partial charge in [0.05, 0.1) is 11.0 Å². The van der Waals surface area contributed by atoms with Crippen molar-refractivity contribution >= 4 is 12.0 Å². The molecule has 0 heterocycles. The van der Waals surface area contributed by atoms with E-state index in [0.717, 1.165) is 5.56 Å². The Bertz CT molecular complexity index is 510. The van der Waals surface area contributed by atoms with Crippen molar-refractivity contribution in [2.24, 2.45) is 5.41 Å². The van der Waals surface area contributed by atoms with E-state index in [4.69, 9.17) is 0 Å². The van der Waals surface area contributed by atoms with Crippen molar-refractivity contribution in [2.75, 3.05) is 7.05 Å². The van der Waals surface area contributed by atoms with E-state index in [1.165, 1.54) is 4.90 Å². The smallest absolute Gasteiger partial charge is 0.317 e. The van der Waals surface area contributed by atoms with E-state index < -0.39 is 16.9 Å². The molecular formula is C16H24N2O3. The monoisotopic (exact) mass is 292 g/mol. The third-order valence-corrected chi connectivity index (χ3v) is 4.13. The van der Waals surface area contributed by atoms with E-state index >= 15 is 0 Å². The molecule has 0 spiro atoms. The van der Waals surface area contributed by atoms with Crippen molar-refractivity contribution in [3.05, 3.63) is 35.9 Å². The quantitative estimate of drug-likeness (QED) is 0.876. The van der Waals surface area contributed by atoms with Crippen LogP contribution in [0.3, 0.4) is 0 Å². The average Bonchev–Trinajstić information content (AvgIpc) is 2.38. The number of hydrogen-bond donors (Lipinski definition) is 2. The van der Waals surface area contributed by atoms with Crippen molar-refractivity contribution in [1.29, 1.82) is 0 Å². The molecular weight excluding hydrogens is 268 g/mol. The van der Waals surface area contributed by atoms with E-state index in [1.54, 1.807) is 34.7 Å². The molecule has 5 heteroatoms. The lowest BCUT2D eigenvalue weighted by molar-refractivity contribution is -0.150. The van der Waals surface area contributed by atoms with Gasteiger partial charge in [0.2, 0.25) is 0 Å². The van der Waals surface area contributed by atoms with Crippen LogP contribution in [0.15, 0.2) is 30.3 Å². The van der Waals surface area contributed by atoms with Gasteiger partial charge in [0.25, 0.3) is 0 Å². The summed E-state index contributed by atoms with van der Waals surface area (Å²) in [6.07, 6.45) is 0. The Morgan fingerprint density at radius 1 is 1.14 bits per heavy atom. The summed E-state index contributed by atoms with van der Waals surface area (Å²) in [4.78, 5) is 25.1. The fraction of sp³-hybridized carbons (Fsp3) is 0.500. The number of benzene rings is 1. The summed E-state index contributed by atoms with van der Waals surface area (Å²) >= 11 is 0. The highest BCUT2D eigenvalue weighted by Crippen LogP contribution is 2.30. The van der Waals surface area contributed by atoms with Gasteiger partial charge in [-0.2, -0.15) is 0 Å². The maximum atomic E-state index is 12.3. The van der Waals surface area contributed by atoms with Crippen LogP contribution in [0, 0.1) is 5.41 Å². The highest BCUT2D eigenvalue weighted by molar-refractivity contribution is 5.79. The van der Waals surface area contributed by atoms with Gasteiger partial charge in [0, 0.05) is 13.6 Å². The standard InChI is InChI=1S/C16H24N2O3/c1-15(2,13(19)20)16(3,4)17-14(21)18(5)11-12-9-7-6-8-10-12/h6-10H,11H2,1-5H3,(H,17,21)(H,19,20). The van der Waals surface area contributed by atoms with Gasteiger partial charge in [-0.3, -0.25) is 4.79 Å². The summed E-state index contributed by atoms with van der Waals surface area (Å²) < 4.78 is 0. The van der Waals surface area contributed by atoms with Crippen molar-refractivity contribution < 1.29 is 14.7 Å². The predicted molar refractivity (Wildman–Crippen MR) is 81.9 cm³/mol. The molecule has 1 aromatic rings. The number of carbonyl (C=O) groups excluding carboxylic acids is 1. The second-order valence-corrected chi connectivity index (χ2v) is 6.33. The number of urea groups is 1. The van der Waals surface area contributed by atoms with Crippen LogP contribution in [0.2, 0.25) is 0 Å². The lowest BCUT2D eigenvalue weighted by atomic mass is 9.74. The topological polar surface area (TPSA) is 69.6 Å². The minimum absolute atomic E-state index is 0.293. The third kappa shape index (κ3) is 3.97. The Labute approximate surface area is 126 Å². The van der Waals surface area contributed by atoms with Crippen molar-refractivity contribution in [2.45, 2.75) is 39.8 Å². The van der Waals surface area contributed by atoms with Crippen molar-refractivity contribution in [3.8, 4) is 0 Å². The SMILES string of the molecule is CN(Cc1ccccc1)C(=O)NC(C)(C)C(C)(C)C(=O)O. The Hall–Kier alpha value is -2.04. The highest BCUT2D eigenvalue weighted by atomic mass is 16.4. The maximum absolute atomic E-state index is 12.3. The number of carbonyl (C=O) groups is 2. The van der Waals surface area contributed by atoms with Crippen LogP contribution in [0.4, 0.5) is 4.79 Å². The molecule has 0 radical (unpaired) electrons. The Morgan fingerprint density at radius 2 is 1.67 bits per heavy atom. The molecule has 0 bridgehead atoms. The van der Waals surface area contributed by atoms with Gasteiger partial charge in [-0.1, -0.05) is 30.3 Å². The second kappa shape index (κ2) is 6.16. The molecule has 0 fully saturated rings. The molecule has 0 saturated carbocycles. The van der Waals surface area contributed by atoms with E-state index in [2.05, 4.69) is 5.32 Å². The van der Waals surface area contributed by atoms with E-state index in [9.17, 15) is 14.7 Å². The summed E-state index contributed by atoms with van der Waals surface area (Å²) in [6.45, 7) is 7.11. The van der Waals surface area contributed by atoms with Crippen LogP contribution < -0.4 is 5.32 Å². The largest absolute Gasteiger partial charge is 0.481 e. The van der Waals surface area contributed by atoms with Crippen LogP contribution in [-0.2, 0) is 11.3 Å². The highest BCUT2D eigenvalue weighted by Gasteiger charge is 2.44. The van der Waals surface area contributed by atoms with Gasteiger partial charge >= 0.3 is 12.0 Å². The molecule has 1 aromatic carbocycles. The number of aliphatic carboxylic acids is 1. The van der Waals surface area contributed by atoms with Gasteiger partial charge in [-0.05, 0) is 33.3 Å². The predicted octanol–water partition coefficient (Wildman–Crippen LogP) is 2.72. The van der Waals surface area contributed by atoms with Crippen LogP contribution in [0.5, 0.6) is 0 Å². The first-order chi connectivity index (χ1) is 9.58. The summed E-state index contributed by atoms with van der Waals surface area (Å²) in [6, 6.07) is 9.34. The second-order valence-electron chi connectivity index (χ2n) is 6.33. The molecule has 116 valence electrons. The van der Waals surface area contributed by atoms with Gasteiger partial charge in [0.1, 0.15) is 0 Å². The number of hydrogen-bond acceptors (Lipinski definition) is 2. The number of carboxylic acid groups (broad SMARTS) is 1. The van der Waals surface area contributed by atoms with Gasteiger partial charge in [-0.25, -0.2) is 4.79 Å². The fourth-order valence-corrected chi connectivity index (χ4v) is 1.72. The van der Waals surface area contributed by atoms with E-state index in [1.807, 2.05) is 30.3 Å². The Kier molecular flexibility index (Phi) is 4.99. The molecule has 0 atom stereocenters. The zero-order valence-corrected chi connectivity index (χ0v) is 13.3. The number of rotatable bonds is 5. The Morgan fingerprint density at radius 3 is 2.14 bits per heavy atom. The maximum Gasteiger partial charge on any atom is 0.317 e. The van der Waals surface area contributed by atoms with E-state index in [0.29, 0.717) is 6.54 Å². The molecule has 21 heavy (non-hydrogen) atoms. The van der Waals surface area contributed by atoms with E-state index in [-0.39, 0.29) is 6.03 Å². The first-order valence-electron chi connectivity index (χ1n) is 6.88. The molecule has 2 N–H and O–H groups in total. The number of nitrogens with one attached hydrogen (secondary N) is 1. The molecule has 5 nitrogen and oxygen atoms in total. The summed E-state index contributed by atoms with van der Waals surface area (Å²) in [5.74, 6) is -0.946. The molecule has 0 aliphatic heterocycles. The zero-order chi connectivity index (χ0) is 16.3. The molecule has 0 aliphatic rings. The van der Waals surface area contributed by atoms with Gasteiger partial charge in [0.15, 0.2) is 0 Å². The molecule has 2 amide bonds. The summed E-state index contributed by atoms with van der Waals surface area (Å²) in [7, 11) is 1.69. The molecule has 1 rings (SSSR count). The number of carboxylic acids is 1. The van der Waals surface area contributed by atoms with Gasteiger partial charge < -0.3 is 15.3 Å². The lowest BCUT2D eigenvalue weighted by Crippen LogP contribution is -2.59. The summed E-state index contributed by atoms with van der Waals surface area (Å²) in [5, 5.41) is 12.1. The zero-order valence-electron chi connectivity index (χ0n) is 13.3. The summed E-state index contributed by atoms with van der Waals surface area (Å²) in [5.41, 5.74) is -0.928. The molecule has 0 aromatic heterocycles. The average molecular weight is 292 g/mol.